The predicted octanol–water partition coefficient (Wildman–Crippen LogP) is 1.21. The maximum atomic E-state index is 12.4. The second kappa shape index (κ2) is 6.67. The van der Waals surface area contributed by atoms with Crippen LogP contribution >= 0.6 is 0 Å². The van der Waals surface area contributed by atoms with Crippen LogP contribution < -0.4 is 5.32 Å². The average molecular weight is 298 g/mol. The fraction of sp³-hybridized carbons (Fsp3) is 0.571. The summed E-state index contributed by atoms with van der Waals surface area (Å²) in [6.07, 6.45) is 0. The lowest BCUT2D eigenvalue weighted by molar-refractivity contribution is 0.0730. The number of benzene rings is 1. The van der Waals surface area contributed by atoms with E-state index in [4.69, 9.17) is 4.74 Å². The van der Waals surface area contributed by atoms with Crippen LogP contribution in [0.25, 0.3) is 0 Å². The first-order valence-electron chi connectivity index (χ1n) is 6.90. The molecule has 2 rings (SSSR count). The molecule has 0 unspecified atom stereocenters. The molecule has 1 fully saturated rings. The van der Waals surface area contributed by atoms with E-state index in [9.17, 15) is 8.42 Å². The second-order valence-corrected chi connectivity index (χ2v) is 7.13. The van der Waals surface area contributed by atoms with Crippen LogP contribution in [0.3, 0.4) is 0 Å². The molecule has 1 N–H and O–H groups in total. The largest absolute Gasteiger partial charge is 0.379 e. The number of nitrogens with one attached hydrogen (secondary N) is 1. The van der Waals surface area contributed by atoms with E-state index in [1.807, 2.05) is 12.1 Å². The van der Waals surface area contributed by atoms with E-state index in [1.54, 1.807) is 12.1 Å². The summed E-state index contributed by atoms with van der Waals surface area (Å²) in [5, 5.41) is 3.31. The van der Waals surface area contributed by atoms with Gasteiger partial charge < -0.3 is 10.1 Å². The summed E-state index contributed by atoms with van der Waals surface area (Å²) in [6.45, 7) is 6.70. The van der Waals surface area contributed by atoms with Gasteiger partial charge in [-0.1, -0.05) is 26.0 Å². The Labute approximate surface area is 121 Å². The molecule has 0 saturated carbocycles. The minimum atomic E-state index is -3.38. The minimum absolute atomic E-state index is 0.354. The van der Waals surface area contributed by atoms with Crippen LogP contribution in [0.15, 0.2) is 29.2 Å². The summed E-state index contributed by atoms with van der Waals surface area (Å²) >= 11 is 0. The summed E-state index contributed by atoms with van der Waals surface area (Å²) in [4.78, 5) is 0.354. The molecule has 5 nitrogen and oxygen atoms in total. The molecule has 0 spiro atoms. The quantitative estimate of drug-likeness (QED) is 0.887. The van der Waals surface area contributed by atoms with Crippen LogP contribution in [0.5, 0.6) is 0 Å². The number of rotatable bonds is 5. The summed E-state index contributed by atoms with van der Waals surface area (Å²) < 4.78 is 31.5. The fourth-order valence-electron chi connectivity index (χ4n) is 2.04. The SMILES string of the molecule is CC(C)NCc1ccc(S(=O)(=O)N2CCOCC2)cc1. The van der Waals surface area contributed by atoms with Crippen molar-refractivity contribution >= 4 is 10.0 Å². The third-order valence-corrected chi connectivity index (χ3v) is 5.16. The third kappa shape index (κ3) is 3.79. The highest BCUT2D eigenvalue weighted by atomic mass is 32.2. The standard InChI is InChI=1S/C14H22N2O3S/c1-12(2)15-11-13-3-5-14(6-4-13)20(17,18)16-7-9-19-10-8-16/h3-6,12,15H,7-11H2,1-2H3. The van der Waals surface area contributed by atoms with Crippen molar-refractivity contribution in [1.29, 1.82) is 0 Å². The van der Waals surface area contributed by atoms with Gasteiger partial charge in [-0.05, 0) is 17.7 Å². The van der Waals surface area contributed by atoms with Crippen molar-refractivity contribution in [2.75, 3.05) is 26.3 Å². The molecule has 112 valence electrons. The zero-order valence-corrected chi connectivity index (χ0v) is 12.8. The molecule has 1 saturated heterocycles. The van der Waals surface area contributed by atoms with Gasteiger partial charge in [-0.15, -0.1) is 0 Å². The van der Waals surface area contributed by atoms with Crippen molar-refractivity contribution < 1.29 is 13.2 Å². The Morgan fingerprint density at radius 2 is 1.80 bits per heavy atom. The third-order valence-electron chi connectivity index (χ3n) is 3.25. The molecular weight excluding hydrogens is 276 g/mol. The maximum Gasteiger partial charge on any atom is 0.243 e. The van der Waals surface area contributed by atoms with Gasteiger partial charge in [0.2, 0.25) is 10.0 Å². The Bertz CT molecular complexity index is 520. The predicted molar refractivity (Wildman–Crippen MR) is 78.0 cm³/mol. The first-order chi connectivity index (χ1) is 9.50. The molecule has 0 aliphatic carbocycles. The summed E-state index contributed by atoms with van der Waals surface area (Å²) in [5.74, 6) is 0. The van der Waals surface area contributed by atoms with Crippen LogP contribution in [0, 0.1) is 0 Å². The van der Waals surface area contributed by atoms with E-state index < -0.39 is 10.0 Å². The van der Waals surface area contributed by atoms with Crippen LogP contribution in [-0.4, -0.2) is 45.1 Å². The van der Waals surface area contributed by atoms with Gasteiger partial charge in [0.15, 0.2) is 0 Å². The molecule has 1 aliphatic heterocycles. The molecule has 1 aromatic carbocycles. The van der Waals surface area contributed by atoms with Gasteiger partial charge >= 0.3 is 0 Å². The summed E-state index contributed by atoms with van der Waals surface area (Å²) in [6, 6.07) is 7.50. The highest BCUT2D eigenvalue weighted by Crippen LogP contribution is 2.17. The molecule has 1 aromatic rings. The molecule has 0 bridgehead atoms. The van der Waals surface area contributed by atoms with E-state index in [-0.39, 0.29) is 0 Å². The number of ether oxygens (including phenoxy) is 1. The molecule has 0 aromatic heterocycles. The lowest BCUT2D eigenvalue weighted by Crippen LogP contribution is -2.40. The second-order valence-electron chi connectivity index (χ2n) is 5.20. The van der Waals surface area contributed by atoms with Gasteiger partial charge in [0.05, 0.1) is 18.1 Å². The minimum Gasteiger partial charge on any atom is -0.379 e. The first kappa shape index (κ1) is 15.4. The molecule has 20 heavy (non-hydrogen) atoms. The first-order valence-corrected chi connectivity index (χ1v) is 8.34. The van der Waals surface area contributed by atoms with Crippen molar-refractivity contribution in [3.63, 3.8) is 0 Å². The van der Waals surface area contributed by atoms with Crippen molar-refractivity contribution in [3.8, 4) is 0 Å². The zero-order chi connectivity index (χ0) is 14.6. The van der Waals surface area contributed by atoms with E-state index in [1.165, 1.54) is 4.31 Å². The Morgan fingerprint density at radius 1 is 1.20 bits per heavy atom. The number of nitrogens with zero attached hydrogens (tertiary/aromatic N) is 1. The molecule has 6 heteroatoms. The highest BCUT2D eigenvalue weighted by Gasteiger charge is 2.25. The van der Waals surface area contributed by atoms with Gasteiger partial charge in [0, 0.05) is 25.7 Å². The smallest absolute Gasteiger partial charge is 0.243 e. The molecule has 0 atom stereocenters. The molecule has 0 amide bonds. The Kier molecular flexibility index (Phi) is 5.15. The number of hydrogen-bond acceptors (Lipinski definition) is 4. The molecule has 1 heterocycles. The lowest BCUT2D eigenvalue weighted by atomic mass is 10.2. The van der Waals surface area contributed by atoms with E-state index in [2.05, 4.69) is 19.2 Å². The van der Waals surface area contributed by atoms with Crippen molar-refractivity contribution in [2.24, 2.45) is 0 Å². The van der Waals surface area contributed by atoms with Gasteiger partial charge in [-0.25, -0.2) is 8.42 Å². The molecular formula is C14H22N2O3S. The van der Waals surface area contributed by atoms with E-state index in [0.29, 0.717) is 37.2 Å². The monoisotopic (exact) mass is 298 g/mol. The molecule has 1 aliphatic rings. The number of hydrogen-bond donors (Lipinski definition) is 1. The van der Waals surface area contributed by atoms with E-state index >= 15 is 0 Å². The normalized spacial score (nSPS) is 17.6. The van der Waals surface area contributed by atoms with Gasteiger partial charge in [0.25, 0.3) is 0 Å². The summed E-state index contributed by atoms with van der Waals surface area (Å²) in [5.41, 5.74) is 1.08. The Balaban J connectivity index is 2.08. The van der Waals surface area contributed by atoms with Crippen molar-refractivity contribution in [1.82, 2.24) is 9.62 Å². The van der Waals surface area contributed by atoms with Crippen molar-refractivity contribution in [3.05, 3.63) is 29.8 Å². The topological polar surface area (TPSA) is 58.6 Å². The van der Waals surface area contributed by atoms with Crippen LogP contribution in [-0.2, 0) is 21.3 Å². The van der Waals surface area contributed by atoms with E-state index in [0.717, 1.165) is 12.1 Å². The zero-order valence-electron chi connectivity index (χ0n) is 12.0. The van der Waals surface area contributed by atoms with Crippen molar-refractivity contribution in [2.45, 2.75) is 31.3 Å². The Hall–Kier alpha value is -0.950. The fourth-order valence-corrected chi connectivity index (χ4v) is 3.45. The average Bonchev–Trinajstić information content (AvgIpc) is 2.46. The number of morpholine rings is 1. The highest BCUT2D eigenvalue weighted by molar-refractivity contribution is 7.89. The van der Waals surface area contributed by atoms with Crippen LogP contribution in [0.2, 0.25) is 0 Å². The van der Waals surface area contributed by atoms with Crippen LogP contribution in [0.4, 0.5) is 0 Å². The van der Waals surface area contributed by atoms with Gasteiger partial charge in [-0.2, -0.15) is 4.31 Å². The Morgan fingerprint density at radius 3 is 2.35 bits per heavy atom. The lowest BCUT2D eigenvalue weighted by Gasteiger charge is -2.26. The number of sulfonamides is 1. The molecule has 0 radical (unpaired) electrons. The van der Waals surface area contributed by atoms with Gasteiger partial charge in [0.1, 0.15) is 0 Å². The summed E-state index contributed by atoms with van der Waals surface area (Å²) in [7, 11) is -3.38. The maximum absolute atomic E-state index is 12.4. The van der Waals surface area contributed by atoms with Crippen LogP contribution in [0.1, 0.15) is 19.4 Å². The van der Waals surface area contributed by atoms with Gasteiger partial charge in [-0.3, -0.25) is 0 Å².